The number of thiophene rings is 1. The van der Waals surface area contributed by atoms with Crippen LogP contribution in [0.1, 0.15) is 23.7 Å². The zero-order valence-electron chi connectivity index (χ0n) is 14.1. The minimum atomic E-state index is -3.54. The van der Waals surface area contributed by atoms with Crippen LogP contribution in [0.4, 0.5) is 0 Å². The molecular weight excluding hydrogens is 386 g/mol. The van der Waals surface area contributed by atoms with E-state index < -0.39 is 10.0 Å². The number of amides is 1. The Bertz CT molecular complexity index is 718. The molecule has 3 rings (SSSR count). The normalized spacial score (nSPS) is 25.0. The van der Waals surface area contributed by atoms with Crippen molar-refractivity contribution >= 4 is 39.7 Å². The predicted octanol–water partition coefficient (Wildman–Crippen LogP) is 1.00. The minimum absolute atomic E-state index is 0. The maximum Gasteiger partial charge on any atom is 0.254 e. The van der Waals surface area contributed by atoms with E-state index in [1.165, 1.54) is 10.4 Å². The van der Waals surface area contributed by atoms with Crippen molar-refractivity contribution in [2.24, 2.45) is 11.1 Å². The van der Waals surface area contributed by atoms with E-state index in [2.05, 4.69) is 6.92 Å². The molecule has 1 atom stereocenters. The van der Waals surface area contributed by atoms with Crippen LogP contribution < -0.4 is 5.73 Å². The van der Waals surface area contributed by atoms with Crippen molar-refractivity contribution < 1.29 is 17.9 Å². The summed E-state index contributed by atoms with van der Waals surface area (Å²) in [6.07, 6.45) is 0.873. The van der Waals surface area contributed by atoms with Crippen molar-refractivity contribution in [2.45, 2.75) is 17.6 Å². The summed E-state index contributed by atoms with van der Waals surface area (Å²) in [4.78, 5) is 14.4. The summed E-state index contributed by atoms with van der Waals surface area (Å²) in [5, 5.41) is 1.63. The van der Waals surface area contributed by atoms with Crippen LogP contribution in [0.15, 0.2) is 15.7 Å². The van der Waals surface area contributed by atoms with Gasteiger partial charge in [-0.3, -0.25) is 4.79 Å². The van der Waals surface area contributed by atoms with Gasteiger partial charge in [0.15, 0.2) is 0 Å². The summed E-state index contributed by atoms with van der Waals surface area (Å²) in [7, 11) is -3.54. The standard InChI is InChI=1S/C15H23N3O4S2.ClH/c1-15(10-16)2-3-17(11-15)14(19)12-8-13(23-9-12)24(20,21)18-4-6-22-7-5-18;/h8-9H,2-7,10-11,16H2,1H3;1H. The van der Waals surface area contributed by atoms with Gasteiger partial charge in [0, 0.05) is 31.6 Å². The lowest BCUT2D eigenvalue weighted by atomic mass is 9.90. The van der Waals surface area contributed by atoms with E-state index in [4.69, 9.17) is 10.5 Å². The molecule has 0 saturated carbocycles. The van der Waals surface area contributed by atoms with Crippen molar-refractivity contribution in [2.75, 3.05) is 45.9 Å². The summed E-state index contributed by atoms with van der Waals surface area (Å²) >= 11 is 1.10. The highest BCUT2D eigenvalue weighted by Gasteiger charge is 2.36. The Morgan fingerprint density at radius 2 is 2.04 bits per heavy atom. The number of hydrogen-bond acceptors (Lipinski definition) is 6. The van der Waals surface area contributed by atoms with Gasteiger partial charge in [-0.1, -0.05) is 6.92 Å². The third-order valence-corrected chi connectivity index (χ3v) is 8.04. The van der Waals surface area contributed by atoms with Crippen LogP contribution in [-0.4, -0.2) is 69.5 Å². The smallest absolute Gasteiger partial charge is 0.254 e. The molecular formula is C15H24ClN3O4S2. The molecule has 0 bridgehead atoms. The highest BCUT2D eigenvalue weighted by Crippen LogP contribution is 2.31. The van der Waals surface area contributed by atoms with Gasteiger partial charge in [-0.05, 0) is 24.4 Å². The summed E-state index contributed by atoms with van der Waals surface area (Å²) in [5.41, 5.74) is 6.17. The molecule has 25 heavy (non-hydrogen) atoms. The van der Waals surface area contributed by atoms with E-state index in [-0.39, 0.29) is 27.9 Å². The Kier molecular flexibility index (Phi) is 6.50. The number of likely N-dealkylation sites (tertiary alicyclic amines) is 1. The molecule has 2 saturated heterocycles. The summed E-state index contributed by atoms with van der Waals surface area (Å²) in [5.74, 6) is -0.119. The highest BCUT2D eigenvalue weighted by atomic mass is 35.5. The number of ether oxygens (including phenoxy) is 1. The van der Waals surface area contributed by atoms with Gasteiger partial charge in [-0.15, -0.1) is 23.7 Å². The van der Waals surface area contributed by atoms with Gasteiger partial charge in [0.25, 0.3) is 15.9 Å². The van der Waals surface area contributed by atoms with Gasteiger partial charge in [0.2, 0.25) is 0 Å². The van der Waals surface area contributed by atoms with Gasteiger partial charge in [0.05, 0.1) is 18.8 Å². The number of halogens is 1. The lowest BCUT2D eigenvalue weighted by Gasteiger charge is -2.25. The van der Waals surface area contributed by atoms with Crippen LogP contribution in [-0.2, 0) is 14.8 Å². The van der Waals surface area contributed by atoms with E-state index in [1.54, 1.807) is 10.3 Å². The second-order valence-electron chi connectivity index (χ2n) is 6.66. The first kappa shape index (κ1) is 20.6. The van der Waals surface area contributed by atoms with Gasteiger partial charge in [0.1, 0.15) is 4.21 Å². The quantitative estimate of drug-likeness (QED) is 0.800. The first-order valence-corrected chi connectivity index (χ1v) is 10.3. The Morgan fingerprint density at radius 1 is 1.36 bits per heavy atom. The first-order valence-electron chi connectivity index (χ1n) is 8.01. The molecule has 2 aliphatic rings. The zero-order valence-corrected chi connectivity index (χ0v) is 16.6. The van der Waals surface area contributed by atoms with Gasteiger partial charge < -0.3 is 15.4 Å². The van der Waals surface area contributed by atoms with Crippen LogP contribution in [0.25, 0.3) is 0 Å². The maximum absolute atomic E-state index is 12.6. The van der Waals surface area contributed by atoms with E-state index >= 15 is 0 Å². The van der Waals surface area contributed by atoms with E-state index in [1.807, 2.05) is 0 Å². The van der Waals surface area contributed by atoms with Crippen LogP contribution in [0.3, 0.4) is 0 Å². The largest absolute Gasteiger partial charge is 0.379 e. The topological polar surface area (TPSA) is 92.9 Å². The highest BCUT2D eigenvalue weighted by molar-refractivity contribution is 7.91. The molecule has 0 radical (unpaired) electrons. The van der Waals surface area contributed by atoms with Gasteiger partial charge >= 0.3 is 0 Å². The van der Waals surface area contributed by atoms with E-state index in [0.29, 0.717) is 51.5 Å². The number of sulfonamides is 1. The van der Waals surface area contributed by atoms with Crippen molar-refractivity contribution in [1.29, 1.82) is 0 Å². The molecule has 2 fully saturated rings. The minimum Gasteiger partial charge on any atom is -0.379 e. The molecule has 7 nitrogen and oxygen atoms in total. The van der Waals surface area contributed by atoms with Crippen LogP contribution >= 0.6 is 23.7 Å². The second kappa shape index (κ2) is 7.89. The maximum atomic E-state index is 12.6. The van der Waals surface area contributed by atoms with Crippen molar-refractivity contribution in [1.82, 2.24) is 9.21 Å². The molecule has 2 N–H and O–H groups in total. The molecule has 2 aliphatic heterocycles. The molecule has 1 unspecified atom stereocenters. The Labute approximate surface area is 158 Å². The monoisotopic (exact) mass is 409 g/mol. The molecule has 1 aromatic rings. The molecule has 1 aromatic heterocycles. The molecule has 142 valence electrons. The Balaban J connectivity index is 0.00000225. The van der Waals surface area contributed by atoms with Crippen molar-refractivity contribution in [3.05, 3.63) is 17.0 Å². The zero-order chi connectivity index (χ0) is 17.4. The summed E-state index contributed by atoms with van der Waals surface area (Å²) < 4.78 is 32.1. The molecule has 0 aliphatic carbocycles. The van der Waals surface area contributed by atoms with Crippen LogP contribution in [0.5, 0.6) is 0 Å². The van der Waals surface area contributed by atoms with E-state index in [0.717, 1.165) is 17.8 Å². The molecule has 1 amide bonds. The number of nitrogens with zero attached hydrogens (tertiary/aromatic N) is 2. The summed E-state index contributed by atoms with van der Waals surface area (Å²) in [6, 6.07) is 1.50. The predicted molar refractivity (Wildman–Crippen MR) is 98.8 cm³/mol. The number of hydrogen-bond donors (Lipinski definition) is 1. The molecule has 3 heterocycles. The average Bonchev–Trinajstić information content (AvgIpc) is 3.23. The third-order valence-electron chi connectivity index (χ3n) is 4.72. The van der Waals surface area contributed by atoms with Gasteiger partial charge in [-0.2, -0.15) is 4.31 Å². The third kappa shape index (κ3) is 4.17. The average molecular weight is 410 g/mol. The van der Waals surface area contributed by atoms with Crippen molar-refractivity contribution in [3.8, 4) is 0 Å². The number of morpholine rings is 1. The summed E-state index contributed by atoms with van der Waals surface area (Å²) in [6.45, 7) is 5.40. The van der Waals surface area contributed by atoms with Gasteiger partial charge in [-0.25, -0.2) is 8.42 Å². The Hall–Kier alpha value is -0.710. The van der Waals surface area contributed by atoms with Crippen molar-refractivity contribution in [3.63, 3.8) is 0 Å². The fourth-order valence-electron chi connectivity index (χ4n) is 3.02. The van der Waals surface area contributed by atoms with Crippen LogP contribution in [0.2, 0.25) is 0 Å². The molecule has 10 heteroatoms. The Morgan fingerprint density at radius 3 is 2.64 bits per heavy atom. The van der Waals surface area contributed by atoms with Crippen LogP contribution in [0, 0.1) is 5.41 Å². The fourth-order valence-corrected chi connectivity index (χ4v) is 5.74. The SMILES string of the molecule is CC1(CN)CCN(C(=O)c2csc(S(=O)(=O)N3CCOCC3)c2)C1.Cl. The number of carbonyl (C=O) groups is 1. The first-order chi connectivity index (χ1) is 11.4. The lowest BCUT2D eigenvalue weighted by molar-refractivity contribution is 0.0731. The number of nitrogens with two attached hydrogens (primary N) is 1. The molecule has 0 aromatic carbocycles. The van der Waals surface area contributed by atoms with E-state index in [9.17, 15) is 13.2 Å². The number of rotatable bonds is 4. The number of carbonyl (C=O) groups excluding carboxylic acids is 1. The second-order valence-corrected chi connectivity index (χ2v) is 9.74. The lowest BCUT2D eigenvalue weighted by Crippen LogP contribution is -2.40. The fraction of sp³-hybridized carbons (Fsp3) is 0.667. The molecule has 0 spiro atoms.